The summed E-state index contributed by atoms with van der Waals surface area (Å²) in [4.78, 5) is 16.9. The maximum atomic E-state index is 12.9. The standard InChI is InChI=1S/C17H10ClFN2O3S/c18-12-7-14-13(23-8-24-14)5-9(12)6-15-16(22)21-17(25-15)20-11-3-1-10(19)2-4-11/h1-7H,8H2,(H,20,21,22)/b15-6+. The van der Waals surface area contributed by atoms with Gasteiger partial charge in [-0.05, 0) is 53.7 Å². The normalized spacial score (nSPS) is 18.9. The Morgan fingerprint density at radius 3 is 2.68 bits per heavy atom. The predicted molar refractivity (Wildman–Crippen MR) is 94.8 cm³/mol. The molecule has 126 valence electrons. The first-order valence-electron chi connectivity index (χ1n) is 7.23. The van der Waals surface area contributed by atoms with E-state index >= 15 is 0 Å². The number of carbonyl (C=O) groups excluding carboxylic acids is 1. The SMILES string of the molecule is O=C1NC(=Nc2ccc(F)cc2)S/C1=C/c1cc2c(cc1Cl)OCO2. The first-order chi connectivity index (χ1) is 12.1. The zero-order valence-corrected chi connectivity index (χ0v) is 14.2. The number of halogens is 2. The summed E-state index contributed by atoms with van der Waals surface area (Å²) in [6.45, 7) is 0.148. The second-order valence-electron chi connectivity index (χ2n) is 5.19. The molecule has 0 radical (unpaired) electrons. The fraction of sp³-hybridized carbons (Fsp3) is 0.0588. The number of nitrogens with zero attached hydrogens (tertiary/aromatic N) is 1. The van der Waals surface area contributed by atoms with Crippen LogP contribution in [0.2, 0.25) is 5.02 Å². The number of hydrogen-bond donors (Lipinski definition) is 1. The summed E-state index contributed by atoms with van der Waals surface area (Å²) in [6.07, 6.45) is 1.66. The lowest BCUT2D eigenvalue weighted by Gasteiger charge is -2.02. The average molecular weight is 377 g/mol. The van der Waals surface area contributed by atoms with E-state index in [0.717, 1.165) is 0 Å². The highest BCUT2D eigenvalue weighted by Gasteiger charge is 2.25. The number of carbonyl (C=O) groups is 1. The zero-order chi connectivity index (χ0) is 17.4. The first kappa shape index (κ1) is 16.0. The summed E-state index contributed by atoms with van der Waals surface area (Å²) in [5.41, 5.74) is 1.19. The minimum Gasteiger partial charge on any atom is -0.454 e. The average Bonchev–Trinajstić information content (AvgIpc) is 3.16. The van der Waals surface area contributed by atoms with Gasteiger partial charge in [0.05, 0.1) is 15.6 Å². The van der Waals surface area contributed by atoms with Gasteiger partial charge in [-0.1, -0.05) is 11.6 Å². The smallest absolute Gasteiger partial charge is 0.264 e. The van der Waals surface area contributed by atoms with Crippen molar-refractivity contribution in [2.24, 2.45) is 4.99 Å². The van der Waals surface area contributed by atoms with E-state index in [9.17, 15) is 9.18 Å². The van der Waals surface area contributed by atoms with Gasteiger partial charge >= 0.3 is 0 Å². The molecule has 0 unspecified atom stereocenters. The highest BCUT2D eigenvalue weighted by Crippen LogP contribution is 2.38. The molecule has 0 spiro atoms. The fourth-order valence-corrected chi connectivity index (χ4v) is 3.34. The number of hydrogen-bond acceptors (Lipinski definition) is 5. The number of benzene rings is 2. The van der Waals surface area contributed by atoms with Crippen molar-refractivity contribution >= 4 is 46.2 Å². The molecule has 1 fully saturated rings. The summed E-state index contributed by atoms with van der Waals surface area (Å²) in [6, 6.07) is 9.06. The molecule has 0 aromatic heterocycles. The van der Waals surface area contributed by atoms with E-state index in [1.165, 1.54) is 36.0 Å². The van der Waals surface area contributed by atoms with Gasteiger partial charge in [0.25, 0.3) is 5.91 Å². The van der Waals surface area contributed by atoms with E-state index in [1.54, 1.807) is 18.2 Å². The molecular formula is C17H10ClFN2O3S. The molecule has 0 bridgehead atoms. The second kappa shape index (κ2) is 6.42. The summed E-state index contributed by atoms with van der Waals surface area (Å²) >= 11 is 7.41. The summed E-state index contributed by atoms with van der Waals surface area (Å²) in [7, 11) is 0. The number of ether oxygens (including phenoxy) is 2. The molecule has 1 N–H and O–H groups in total. The van der Waals surface area contributed by atoms with Crippen molar-refractivity contribution in [2.45, 2.75) is 0 Å². The lowest BCUT2D eigenvalue weighted by atomic mass is 10.2. The highest BCUT2D eigenvalue weighted by atomic mass is 35.5. The summed E-state index contributed by atoms with van der Waals surface area (Å²) < 4.78 is 23.5. The Labute approximate surface area is 151 Å². The Kier molecular flexibility index (Phi) is 4.10. The third-order valence-corrected chi connectivity index (χ3v) is 4.72. The highest BCUT2D eigenvalue weighted by molar-refractivity contribution is 8.18. The third-order valence-electron chi connectivity index (χ3n) is 3.49. The number of amides is 1. The molecule has 2 heterocycles. The van der Waals surface area contributed by atoms with Crippen LogP contribution < -0.4 is 14.8 Å². The number of rotatable bonds is 2. The van der Waals surface area contributed by atoms with Gasteiger partial charge in [0.2, 0.25) is 6.79 Å². The van der Waals surface area contributed by atoms with Gasteiger partial charge in [0.1, 0.15) is 5.82 Å². The van der Waals surface area contributed by atoms with Crippen molar-refractivity contribution in [1.82, 2.24) is 5.32 Å². The van der Waals surface area contributed by atoms with Crippen LogP contribution in [0.5, 0.6) is 11.5 Å². The van der Waals surface area contributed by atoms with Crippen molar-refractivity contribution in [3.63, 3.8) is 0 Å². The molecule has 2 aromatic rings. The largest absolute Gasteiger partial charge is 0.454 e. The molecule has 4 rings (SSSR count). The maximum Gasteiger partial charge on any atom is 0.264 e. The van der Waals surface area contributed by atoms with E-state index in [4.69, 9.17) is 21.1 Å². The van der Waals surface area contributed by atoms with Crippen LogP contribution >= 0.6 is 23.4 Å². The van der Waals surface area contributed by atoms with Crippen LogP contribution in [0.15, 0.2) is 46.3 Å². The molecule has 8 heteroatoms. The van der Waals surface area contributed by atoms with Crippen LogP contribution in [0.3, 0.4) is 0 Å². The first-order valence-corrected chi connectivity index (χ1v) is 8.42. The van der Waals surface area contributed by atoms with Crippen molar-refractivity contribution in [3.05, 3.63) is 57.7 Å². The van der Waals surface area contributed by atoms with Gasteiger partial charge in [-0.3, -0.25) is 4.79 Å². The molecule has 1 saturated heterocycles. The quantitative estimate of drug-likeness (QED) is 0.802. The van der Waals surface area contributed by atoms with Crippen molar-refractivity contribution < 1.29 is 18.7 Å². The van der Waals surface area contributed by atoms with Crippen LogP contribution in [0.25, 0.3) is 6.08 Å². The Balaban J connectivity index is 1.60. The molecule has 0 saturated carbocycles. The number of aliphatic imine (C=N–C) groups is 1. The molecule has 25 heavy (non-hydrogen) atoms. The Bertz CT molecular complexity index is 928. The van der Waals surface area contributed by atoms with Gasteiger partial charge < -0.3 is 14.8 Å². The summed E-state index contributed by atoms with van der Waals surface area (Å²) in [5, 5.41) is 3.54. The van der Waals surface area contributed by atoms with Crippen LogP contribution in [-0.4, -0.2) is 17.9 Å². The minimum atomic E-state index is -0.343. The molecule has 1 amide bonds. The van der Waals surface area contributed by atoms with Gasteiger partial charge in [0, 0.05) is 6.07 Å². The van der Waals surface area contributed by atoms with Crippen molar-refractivity contribution in [1.29, 1.82) is 0 Å². The molecule has 5 nitrogen and oxygen atoms in total. The Hall–Kier alpha value is -2.51. The van der Waals surface area contributed by atoms with Crippen LogP contribution in [0, 0.1) is 5.82 Å². The zero-order valence-electron chi connectivity index (χ0n) is 12.6. The maximum absolute atomic E-state index is 12.9. The molecule has 2 aliphatic rings. The monoisotopic (exact) mass is 376 g/mol. The Morgan fingerprint density at radius 2 is 1.92 bits per heavy atom. The summed E-state index contributed by atoms with van der Waals surface area (Å²) in [5.74, 6) is 0.541. The number of nitrogens with one attached hydrogen (secondary N) is 1. The lowest BCUT2D eigenvalue weighted by molar-refractivity contribution is -0.115. The molecule has 0 atom stereocenters. The van der Waals surface area contributed by atoms with Gasteiger partial charge in [-0.25, -0.2) is 9.38 Å². The van der Waals surface area contributed by atoms with E-state index < -0.39 is 0 Å². The van der Waals surface area contributed by atoms with E-state index in [0.29, 0.717) is 37.8 Å². The predicted octanol–water partition coefficient (Wildman–Crippen LogP) is 4.10. The molecule has 2 aromatic carbocycles. The van der Waals surface area contributed by atoms with Crippen LogP contribution in [0.4, 0.5) is 10.1 Å². The third kappa shape index (κ3) is 3.33. The minimum absolute atomic E-state index is 0.148. The van der Waals surface area contributed by atoms with E-state index in [2.05, 4.69) is 10.3 Å². The van der Waals surface area contributed by atoms with E-state index in [1.807, 2.05) is 0 Å². The number of amidine groups is 1. The molecular weight excluding hydrogens is 367 g/mol. The topological polar surface area (TPSA) is 59.9 Å². The molecule has 0 aliphatic carbocycles. The lowest BCUT2D eigenvalue weighted by Crippen LogP contribution is -2.19. The van der Waals surface area contributed by atoms with Crippen molar-refractivity contribution in [2.75, 3.05) is 6.79 Å². The van der Waals surface area contributed by atoms with Gasteiger partial charge in [-0.2, -0.15) is 0 Å². The van der Waals surface area contributed by atoms with Crippen LogP contribution in [0.1, 0.15) is 5.56 Å². The van der Waals surface area contributed by atoms with Gasteiger partial charge in [0.15, 0.2) is 16.7 Å². The number of thioether (sulfide) groups is 1. The Morgan fingerprint density at radius 1 is 1.20 bits per heavy atom. The molecule has 2 aliphatic heterocycles. The van der Waals surface area contributed by atoms with Crippen molar-refractivity contribution in [3.8, 4) is 11.5 Å². The number of fused-ring (bicyclic) bond motifs is 1. The fourth-order valence-electron chi connectivity index (χ4n) is 2.30. The van der Waals surface area contributed by atoms with Gasteiger partial charge in [-0.15, -0.1) is 0 Å². The van der Waals surface area contributed by atoms with E-state index in [-0.39, 0.29) is 18.5 Å². The second-order valence-corrected chi connectivity index (χ2v) is 6.62. The van der Waals surface area contributed by atoms with Crippen LogP contribution in [-0.2, 0) is 4.79 Å².